The number of likely N-dealkylation sites (N-methyl/N-ethyl adjacent to an activating group) is 1. The Morgan fingerprint density at radius 1 is 1.33 bits per heavy atom. The molecule has 0 aliphatic carbocycles. The highest BCUT2D eigenvalue weighted by atomic mass is 32.1. The van der Waals surface area contributed by atoms with E-state index in [-0.39, 0.29) is 19.0 Å². The summed E-state index contributed by atoms with van der Waals surface area (Å²) in [6.07, 6.45) is -0.646. The Kier molecular flexibility index (Phi) is 5.78. The Balaban J connectivity index is 1.83. The van der Waals surface area contributed by atoms with Crippen LogP contribution in [0.15, 0.2) is 47.2 Å². The Bertz CT molecular complexity index is 543. The molecule has 1 aromatic carbocycles. The number of thiophene rings is 1. The third-order valence-corrected chi connectivity index (χ3v) is 3.96. The van der Waals surface area contributed by atoms with Gasteiger partial charge in [0.1, 0.15) is 0 Å². The molecule has 0 saturated carbocycles. The minimum Gasteiger partial charge on any atom is -0.387 e. The van der Waals surface area contributed by atoms with Crippen molar-refractivity contribution in [3.63, 3.8) is 0 Å². The lowest BCUT2D eigenvalue weighted by molar-refractivity contribution is -0.120. The zero-order valence-electron chi connectivity index (χ0n) is 12.0. The summed E-state index contributed by atoms with van der Waals surface area (Å²) in [6, 6.07) is 11.7. The van der Waals surface area contributed by atoms with Gasteiger partial charge in [-0.1, -0.05) is 18.2 Å². The molecular weight excluding hydrogens is 284 g/mol. The number of carbonyl (C=O) groups is 1. The number of benzene rings is 1. The molecule has 2 rings (SSSR count). The molecular formula is C16H20N2O2S. The fourth-order valence-electron chi connectivity index (χ4n) is 2.05. The number of hydrogen-bond donors (Lipinski definition) is 2. The average molecular weight is 304 g/mol. The van der Waals surface area contributed by atoms with E-state index in [1.165, 1.54) is 11.3 Å². The van der Waals surface area contributed by atoms with Gasteiger partial charge >= 0.3 is 0 Å². The van der Waals surface area contributed by atoms with Crippen molar-refractivity contribution in [1.82, 2.24) is 5.32 Å². The maximum absolute atomic E-state index is 12.0. The maximum atomic E-state index is 12.0. The van der Waals surface area contributed by atoms with E-state index in [0.29, 0.717) is 0 Å². The number of amides is 1. The van der Waals surface area contributed by atoms with E-state index in [0.717, 1.165) is 17.8 Å². The van der Waals surface area contributed by atoms with E-state index in [9.17, 15) is 9.90 Å². The Morgan fingerprint density at radius 3 is 2.71 bits per heavy atom. The minimum atomic E-state index is -0.646. The van der Waals surface area contributed by atoms with Crippen LogP contribution in [0.2, 0.25) is 0 Å². The molecule has 112 valence electrons. The number of carbonyl (C=O) groups excluding carboxylic acids is 1. The van der Waals surface area contributed by atoms with Crippen LogP contribution in [0.5, 0.6) is 0 Å². The molecule has 0 fully saturated rings. The van der Waals surface area contributed by atoms with Crippen molar-refractivity contribution >= 4 is 22.9 Å². The molecule has 1 amide bonds. The maximum Gasteiger partial charge on any atom is 0.239 e. The molecule has 21 heavy (non-hydrogen) atoms. The predicted octanol–water partition coefficient (Wildman–Crippen LogP) is 2.42. The largest absolute Gasteiger partial charge is 0.387 e. The first-order chi connectivity index (χ1) is 10.2. The number of nitrogens with one attached hydrogen (secondary N) is 1. The number of hydrogen-bond acceptors (Lipinski definition) is 4. The van der Waals surface area contributed by atoms with Crippen LogP contribution < -0.4 is 10.2 Å². The third kappa shape index (κ3) is 4.58. The summed E-state index contributed by atoms with van der Waals surface area (Å²) >= 11 is 1.53. The molecule has 1 atom stereocenters. The van der Waals surface area contributed by atoms with Gasteiger partial charge in [-0.25, -0.2) is 0 Å². The SMILES string of the molecule is CCN(CC(=O)NCC(O)c1ccsc1)c1ccccc1. The van der Waals surface area contributed by atoms with Crippen LogP contribution in [-0.2, 0) is 4.79 Å². The summed E-state index contributed by atoms with van der Waals surface area (Å²) in [5, 5.41) is 16.5. The van der Waals surface area contributed by atoms with E-state index in [1.807, 2.05) is 59.0 Å². The van der Waals surface area contributed by atoms with Gasteiger partial charge in [-0.2, -0.15) is 11.3 Å². The van der Waals surface area contributed by atoms with Crippen LogP contribution in [0.3, 0.4) is 0 Å². The molecule has 1 aromatic heterocycles. The lowest BCUT2D eigenvalue weighted by atomic mass is 10.2. The zero-order chi connectivity index (χ0) is 15.1. The standard InChI is InChI=1S/C16H20N2O2S/c1-2-18(14-6-4-3-5-7-14)11-16(20)17-10-15(19)13-8-9-21-12-13/h3-9,12,15,19H,2,10-11H2,1H3,(H,17,20). The molecule has 5 heteroatoms. The second-order valence-electron chi connectivity index (χ2n) is 4.73. The number of anilines is 1. The van der Waals surface area contributed by atoms with Gasteiger partial charge in [0.25, 0.3) is 0 Å². The highest BCUT2D eigenvalue weighted by molar-refractivity contribution is 7.07. The van der Waals surface area contributed by atoms with E-state index >= 15 is 0 Å². The van der Waals surface area contributed by atoms with E-state index in [1.54, 1.807) is 0 Å². The van der Waals surface area contributed by atoms with Gasteiger partial charge in [0.15, 0.2) is 0 Å². The molecule has 0 aliphatic rings. The van der Waals surface area contributed by atoms with Crippen molar-refractivity contribution in [3.8, 4) is 0 Å². The summed E-state index contributed by atoms with van der Waals surface area (Å²) in [7, 11) is 0. The molecule has 0 aliphatic heterocycles. The lowest BCUT2D eigenvalue weighted by Gasteiger charge is -2.22. The van der Waals surface area contributed by atoms with Crippen molar-refractivity contribution < 1.29 is 9.90 Å². The third-order valence-electron chi connectivity index (χ3n) is 3.26. The summed E-state index contributed by atoms with van der Waals surface area (Å²) in [4.78, 5) is 14.0. The number of aliphatic hydroxyl groups is 1. The molecule has 0 saturated heterocycles. The first kappa shape index (κ1) is 15.5. The van der Waals surface area contributed by atoms with E-state index < -0.39 is 6.10 Å². The van der Waals surface area contributed by atoms with Gasteiger partial charge in [-0.05, 0) is 41.4 Å². The molecule has 0 bridgehead atoms. The first-order valence-electron chi connectivity index (χ1n) is 6.97. The van der Waals surface area contributed by atoms with Crippen molar-refractivity contribution in [3.05, 3.63) is 52.7 Å². The zero-order valence-corrected chi connectivity index (χ0v) is 12.8. The van der Waals surface area contributed by atoms with E-state index in [4.69, 9.17) is 0 Å². The Morgan fingerprint density at radius 2 is 2.10 bits per heavy atom. The summed E-state index contributed by atoms with van der Waals surface area (Å²) in [5.41, 5.74) is 1.87. The van der Waals surface area contributed by atoms with Gasteiger partial charge < -0.3 is 15.3 Å². The monoisotopic (exact) mass is 304 g/mol. The van der Waals surface area contributed by atoms with Crippen LogP contribution in [-0.4, -0.2) is 30.6 Å². The number of para-hydroxylation sites is 1. The highest BCUT2D eigenvalue weighted by Crippen LogP contribution is 2.15. The Hall–Kier alpha value is -1.85. The minimum absolute atomic E-state index is 0.0880. The van der Waals surface area contributed by atoms with Crippen LogP contribution in [0, 0.1) is 0 Å². The molecule has 2 N–H and O–H groups in total. The Labute approximate surface area is 129 Å². The number of aliphatic hydroxyl groups excluding tert-OH is 1. The van der Waals surface area contributed by atoms with Gasteiger partial charge in [0, 0.05) is 18.8 Å². The van der Waals surface area contributed by atoms with E-state index in [2.05, 4.69) is 5.32 Å². The van der Waals surface area contributed by atoms with Crippen molar-refractivity contribution in [2.75, 3.05) is 24.5 Å². The van der Waals surface area contributed by atoms with Crippen LogP contribution in [0.4, 0.5) is 5.69 Å². The summed E-state index contributed by atoms with van der Waals surface area (Å²) < 4.78 is 0. The second kappa shape index (κ2) is 7.81. The van der Waals surface area contributed by atoms with Crippen LogP contribution in [0.1, 0.15) is 18.6 Å². The molecule has 1 heterocycles. The first-order valence-corrected chi connectivity index (χ1v) is 7.92. The molecule has 2 aromatic rings. The van der Waals surface area contributed by atoms with Crippen molar-refractivity contribution in [1.29, 1.82) is 0 Å². The fraction of sp³-hybridized carbons (Fsp3) is 0.312. The molecule has 1 unspecified atom stereocenters. The summed E-state index contributed by atoms with van der Waals surface area (Å²) in [6.45, 7) is 3.30. The summed E-state index contributed by atoms with van der Waals surface area (Å²) in [5.74, 6) is -0.0880. The quantitative estimate of drug-likeness (QED) is 0.826. The highest BCUT2D eigenvalue weighted by Gasteiger charge is 2.12. The molecule has 4 nitrogen and oxygen atoms in total. The molecule has 0 radical (unpaired) electrons. The average Bonchev–Trinajstić information content (AvgIpc) is 3.05. The van der Waals surface area contributed by atoms with Gasteiger partial charge in [0.05, 0.1) is 12.6 Å². The van der Waals surface area contributed by atoms with Gasteiger partial charge in [0.2, 0.25) is 5.91 Å². The van der Waals surface area contributed by atoms with Crippen LogP contribution in [0.25, 0.3) is 0 Å². The smallest absolute Gasteiger partial charge is 0.239 e. The molecule has 0 spiro atoms. The second-order valence-corrected chi connectivity index (χ2v) is 5.51. The topological polar surface area (TPSA) is 52.6 Å². The number of nitrogens with zero attached hydrogens (tertiary/aromatic N) is 1. The normalized spacial score (nSPS) is 11.9. The fourth-order valence-corrected chi connectivity index (χ4v) is 2.75. The number of rotatable bonds is 7. The van der Waals surface area contributed by atoms with Gasteiger partial charge in [-0.15, -0.1) is 0 Å². The van der Waals surface area contributed by atoms with Gasteiger partial charge in [-0.3, -0.25) is 4.79 Å². The lowest BCUT2D eigenvalue weighted by Crippen LogP contribution is -2.38. The van der Waals surface area contributed by atoms with Crippen molar-refractivity contribution in [2.45, 2.75) is 13.0 Å². The van der Waals surface area contributed by atoms with Crippen LogP contribution >= 0.6 is 11.3 Å². The van der Waals surface area contributed by atoms with Crippen molar-refractivity contribution in [2.24, 2.45) is 0 Å². The predicted molar refractivity (Wildman–Crippen MR) is 86.6 cm³/mol.